The molecule has 1 aliphatic heterocycles. The summed E-state index contributed by atoms with van der Waals surface area (Å²) in [5.41, 5.74) is 6.65. The van der Waals surface area contributed by atoms with Gasteiger partial charge in [-0.3, -0.25) is 9.78 Å². The average Bonchev–Trinajstić information content (AvgIpc) is 2.58. The Bertz CT molecular complexity index is 682. The summed E-state index contributed by atoms with van der Waals surface area (Å²) in [6, 6.07) is 7.86. The summed E-state index contributed by atoms with van der Waals surface area (Å²) in [6.45, 7) is 1.52. The predicted molar refractivity (Wildman–Crippen MR) is 85.0 cm³/mol. The third-order valence-electron chi connectivity index (χ3n) is 3.96. The van der Waals surface area contributed by atoms with Crippen molar-refractivity contribution < 1.29 is 13.9 Å². The van der Waals surface area contributed by atoms with Crippen LogP contribution in [0.1, 0.15) is 23.2 Å². The molecule has 23 heavy (non-hydrogen) atoms. The molecule has 0 bridgehead atoms. The highest BCUT2D eigenvalue weighted by Gasteiger charge is 2.23. The van der Waals surface area contributed by atoms with Gasteiger partial charge in [0.05, 0.1) is 11.3 Å². The summed E-state index contributed by atoms with van der Waals surface area (Å²) in [5.74, 6) is -0.0757. The maximum absolute atomic E-state index is 12.9. The van der Waals surface area contributed by atoms with E-state index in [9.17, 15) is 9.18 Å². The number of anilines is 1. The normalized spacial score (nSPS) is 15.4. The molecule has 120 valence electrons. The first kappa shape index (κ1) is 15.3. The lowest BCUT2D eigenvalue weighted by molar-refractivity contribution is 0.1000. The van der Waals surface area contributed by atoms with Gasteiger partial charge in [0.1, 0.15) is 17.7 Å². The average molecular weight is 315 g/mol. The molecule has 0 radical (unpaired) electrons. The van der Waals surface area contributed by atoms with Crippen LogP contribution in [0.5, 0.6) is 5.75 Å². The van der Waals surface area contributed by atoms with E-state index < -0.39 is 5.91 Å². The maximum Gasteiger partial charge on any atom is 0.252 e. The second-order valence-corrected chi connectivity index (χ2v) is 5.52. The summed E-state index contributed by atoms with van der Waals surface area (Å²) in [6.07, 6.45) is 4.87. The molecule has 2 N–H and O–H groups in total. The van der Waals surface area contributed by atoms with Gasteiger partial charge in [-0.15, -0.1) is 0 Å². The van der Waals surface area contributed by atoms with Gasteiger partial charge in [-0.05, 0) is 30.3 Å². The zero-order chi connectivity index (χ0) is 16.2. The summed E-state index contributed by atoms with van der Waals surface area (Å²) in [7, 11) is 0. The van der Waals surface area contributed by atoms with Crippen LogP contribution < -0.4 is 15.4 Å². The van der Waals surface area contributed by atoms with Gasteiger partial charge in [0, 0.05) is 38.3 Å². The van der Waals surface area contributed by atoms with Crippen molar-refractivity contribution in [2.45, 2.75) is 18.9 Å². The van der Waals surface area contributed by atoms with Gasteiger partial charge in [-0.2, -0.15) is 0 Å². The fourth-order valence-electron chi connectivity index (χ4n) is 2.77. The second-order valence-electron chi connectivity index (χ2n) is 5.52. The molecule has 0 saturated carbocycles. The van der Waals surface area contributed by atoms with Gasteiger partial charge in [-0.1, -0.05) is 0 Å². The Morgan fingerprint density at radius 2 is 1.91 bits per heavy atom. The van der Waals surface area contributed by atoms with E-state index in [1.807, 2.05) is 0 Å². The summed E-state index contributed by atoms with van der Waals surface area (Å²) >= 11 is 0. The van der Waals surface area contributed by atoms with Crippen LogP contribution in [0.25, 0.3) is 0 Å². The molecule has 1 aromatic heterocycles. The number of primary amides is 1. The number of ether oxygens (including phenoxy) is 1. The number of hydrogen-bond acceptors (Lipinski definition) is 4. The number of carbonyl (C=O) groups excluding carboxylic acids is 1. The van der Waals surface area contributed by atoms with Crippen molar-refractivity contribution in [2.24, 2.45) is 5.73 Å². The number of hydrogen-bond donors (Lipinski definition) is 1. The smallest absolute Gasteiger partial charge is 0.252 e. The van der Waals surface area contributed by atoms with Crippen LogP contribution in [0.15, 0.2) is 42.7 Å². The van der Waals surface area contributed by atoms with Crippen LogP contribution in [-0.4, -0.2) is 30.1 Å². The Hall–Kier alpha value is -2.63. The topological polar surface area (TPSA) is 68.5 Å². The minimum Gasteiger partial charge on any atom is -0.490 e. The van der Waals surface area contributed by atoms with Crippen LogP contribution in [0, 0.1) is 5.82 Å². The van der Waals surface area contributed by atoms with Crippen molar-refractivity contribution in [1.29, 1.82) is 0 Å². The third-order valence-corrected chi connectivity index (χ3v) is 3.96. The monoisotopic (exact) mass is 315 g/mol. The van der Waals surface area contributed by atoms with Crippen LogP contribution in [-0.2, 0) is 0 Å². The first-order valence-corrected chi connectivity index (χ1v) is 7.54. The van der Waals surface area contributed by atoms with Crippen LogP contribution >= 0.6 is 0 Å². The Morgan fingerprint density at radius 3 is 2.57 bits per heavy atom. The van der Waals surface area contributed by atoms with Gasteiger partial charge in [-0.25, -0.2) is 4.39 Å². The van der Waals surface area contributed by atoms with Crippen molar-refractivity contribution >= 4 is 11.6 Å². The molecular weight excluding hydrogens is 297 g/mol. The molecule has 5 nitrogen and oxygen atoms in total. The Labute approximate surface area is 133 Å². The van der Waals surface area contributed by atoms with E-state index in [1.54, 1.807) is 24.4 Å². The van der Waals surface area contributed by atoms with Crippen LogP contribution in [0.2, 0.25) is 0 Å². The summed E-state index contributed by atoms with van der Waals surface area (Å²) in [4.78, 5) is 17.6. The van der Waals surface area contributed by atoms with Crippen molar-refractivity contribution in [3.63, 3.8) is 0 Å². The molecule has 0 unspecified atom stereocenters. The lowest BCUT2D eigenvalue weighted by Gasteiger charge is -2.34. The Kier molecular flexibility index (Phi) is 4.41. The lowest BCUT2D eigenvalue weighted by atomic mass is 10.1. The number of aromatic nitrogens is 1. The number of benzene rings is 1. The summed E-state index contributed by atoms with van der Waals surface area (Å²) in [5, 5.41) is 0. The number of rotatable bonds is 4. The number of nitrogens with zero attached hydrogens (tertiary/aromatic N) is 2. The van der Waals surface area contributed by atoms with Crippen molar-refractivity contribution in [3.05, 3.63) is 54.1 Å². The van der Waals surface area contributed by atoms with E-state index in [0.717, 1.165) is 31.6 Å². The zero-order valence-electron chi connectivity index (χ0n) is 12.6. The quantitative estimate of drug-likeness (QED) is 0.940. The van der Waals surface area contributed by atoms with E-state index in [-0.39, 0.29) is 11.9 Å². The molecule has 3 rings (SSSR count). The second kappa shape index (κ2) is 6.64. The third kappa shape index (κ3) is 3.59. The van der Waals surface area contributed by atoms with Crippen molar-refractivity contribution in [1.82, 2.24) is 4.98 Å². The van der Waals surface area contributed by atoms with E-state index >= 15 is 0 Å². The van der Waals surface area contributed by atoms with E-state index in [0.29, 0.717) is 11.3 Å². The molecule has 1 aromatic carbocycles. The molecule has 1 aliphatic rings. The fraction of sp³-hybridized carbons (Fsp3) is 0.294. The summed E-state index contributed by atoms with van der Waals surface area (Å²) < 4.78 is 18.8. The molecule has 0 atom stereocenters. The van der Waals surface area contributed by atoms with E-state index in [2.05, 4.69) is 9.88 Å². The lowest BCUT2D eigenvalue weighted by Crippen LogP contribution is -2.39. The molecular formula is C17H18FN3O2. The van der Waals surface area contributed by atoms with Gasteiger partial charge >= 0.3 is 0 Å². The van der Waals surface area contributed by atoms with E-state index in [4.69, 9.17) is 10.5 Å². The van der Waals surface area contributed by atoms with Gasteiger partial charge in [0.15, 0.2) is 0 Å². The first-order valence-electron chi connectivity index (χ1n) is 7.54. The highest BCUT2D eigenvalue weighted by molar-refractivity contribution is 5.98. The number of halogens is 1. The minimum absolute atomic E-state index is 0.0792. The first-order chi connectivity index (χ1) is 11.1. The van der Waals surface area contributed by atoms with Gasteiger partial charge in [0.25, 0.3) is 5.91 Å². The molecule has 2 aromatic rings. The molecule has 2 heterocycles. The zero-order valence-corrected chi connectivity index (χ0v) is 12.6. The maximum atomic E-state index is 12.9. The number of piperidine rings is 1. The molecule has 0 aliphatic carbocycles. The molecule has 1 saturated heterocycles. The fourth-order valence-corrected chi connectivity index (χ4v) is 2.77. The highest BCUT2D eigenvalue weighted by Crippen LogP contribution is 2.25. The molecule has 1 amide bonds. The largest absolute Gasteiger partial charge is 0.490 e. The van der Waals surface area contributed by atoms with Crippen molar-refractivity contribution in [2.75, 3.05) is 18.0 Å². The predicted octanol–water partition coefficient (Wildman–Crippen LogP) is 2.37. The number of amides is 1. The minimum atomic E-state index is -0.474. The highest BCUT2D eigenvalue weighted by atomic mass is 19.1. The van der Waals surface area contributed by atoms with Crippen LogP contribution in [0.3, 0.4) is 0 Å². The molecule has 6 heteroatoms. The SMILES string of the molecule is NC(=O)c1cnccc1N1CCC(Oc2ccc(F)cc2)CC1. The number of nitrogens with two attached hydrogens (primary N) is 1. The van der Waals surface area contributed by atoms with E-state index in [1.165, 1.54) is 18.3 Å². The van der Waals surface area contributed by atoms with Crippen LogP contribution in [0.4, 0.5) is 10.1 Å². The molecule has 1 fully saturated rings. The number of pyridine rings is 1. The van der Waals surface area contributed by atoms with Crippen molar-refractivity contribution in [3.8, 4) is 5.75 Å². The Balaban J connectivity index is 1.62. The van der Waals surface area contributed by atoms with Gasteiger partial charge in [0.2, 0.25) is 0 Å². The Morgan fingerprint density at radius 1 is 1.22 bits per heavy atom. The standard InChI is InChI=1S/C17H18FN3O2/c18-12-1-3-13(4-2-12)23-14-6-9-21(10-7-14)16-5-8-20-11-15(16)17(19)22/h1-5,8,11,14H,6-7,9-10H2,(H2,19,22). The van der Waals surface area contributed by atoms with Gasteiger partial charge < -0.3 is 15.4 Å². The number of carbonyl (C=O) groups is 1. The molecule has 0 spiro atoms.